The van der Waals surface area contributed by atoms with E-state index in [-0.39, 0.29) is 24.2 Å². The standard InChI is InChI=1S/C10H16N2O3.ClH/c1-14-8-3-6(7(12)5-11)4-9(15-2)10(8)13;/h3-4,7,13H,5,11-12H2,1-2H3;1H/t7-;/m0./s1. The first kappa shape index (κ1) is 14.8. The average molecular weight is 249 g/mol. The molecule has 1 aromatic rings. The number of phenolic OH excluding ortho intramolecular Hbond substituents is 1. The Balaban J connectivity index is 0.00000225. The Morgan fingerprint density at radius 3 is 2.00 bits per heavy atom. The number of phenols is 1. The molecule has 16 heavy (non-hydrogen) atoms. The molecule has 5 N–H and O–H groups in total. The molecule has 5 nitrogen and oxygen atoms in total. The molecule has 0 aliphatic heterocycles. The Morgan fingerprint density at radius 2 is 1.69 bits per heavy atom. The molecule has 0 saturated carbocycles. The lowest BCUT2D eigenvalue weighted by atomic mass is 10.1. The summed E-state index contributed by atoms with van der Waals surface area (Å²) in [5.41, 5.74) is 12.0. The maximum Gasteiger partial charge on any atom is 0.200 e. The summed E-state index contributed by atoms with van der Waals surface area (Å²) in [5.74, 6) is 0.620. The maximum absolute atomic E-state index is 9.65. The van der Waals surface area contributed by atoms with Gasteiger partial charge in [-0.2, -0.15) is 0 Å². The number of nitrogens with two attached hydrogens (primary N) is 2. The van der Waals surface area contributed by atoms with Gasteiger partial charge in [0.25, 0.3) is 0 Å². The van der Waals surface area contributed by atoms with E-state index in [2.05, 4.69) is 0 Å². The van der Waals surface area contributed by atoms with Crippen LogP contribution in [-0.2, 0) is 0 Å². The van der Waals surface area contributed by atoms with Crippen LogP contribution in [0.1, 0.15) is 11.6 Å². The molecule has 6 heteroatoms. The normalized spacial score (nSPS) is 11.5. The van der Waals surface area contributed by atoms with E-state index in [1.165, 1.54) is 14.2 Å². The molecule has 0 aliphatic carbocycles. The SMILES string of the molecule is COc1cc([C@@H](N)CN)cc(OC)c1O.Cl. The van der Waals surface area contributed by atoms with Crippen molar-refractivity contribution in [2.75, 3.05) is 20.8 Å². The van der Waals surface area contributed by atoms with Crippen LogP contribution in [0.15, 0.2) is 12.1 Å². The molecule has 0 unspecified atom stereocenters. The highest BCUT2D eigenvalue weighted by Gasteiger charge is 2.14. The molecule has 0 fully saturated rings. The minimum atomic E-state index is -0.298. The van der Waals surface area contributed by atoms with E-state index < -0.39 is 0 Å². The molecule has 0 heterocycles. The smallest absolute Gasteiger partial charge is 0.200 e. The molecule has 0 spiro atoms. The van der Waals surface area contributed by atoms with Crippen molar-refractivity contribution in [3.8, 4) is 17.2 Å². The zero-order valence-corrected chi connectivity index (χ0v) is 10.1. The van der Waals surface area contributed by atoms with E-state index in [0.717, 1.165) is 5.56 Å². The van der Waals surface area contributed by atoms with E-state index >= 15 is 0 Å². The van der Waals surface area contributed by atoms with Crippen molar-refractivity contribution in [1.29, 1.82) is 0 Å². The lowest BCUT2D eigenvalue weighted by molar-refractivity contribution is 0.338. The van der Waals surface area contributed by atoms with E-state index in [4.69, 9.17) is 20.9 Å². The Labute approximate surface area is 101 Å². The summed E-state index contributed by atoms with van der Waals surface area (Å²) in [6.07, 6.45) is 0. The summed E-state index contributed by atoms with van der Waals surface area (Å²) in [6.45, 7) is 0.317. The summed E-state index contributed by atoms with van der Waals surface area (Å²) < 4.78 is 9.99. The molecule has 0 saturated heterocycles. The predicted octanol–water partition coefficient (Wildman–Crippen LogP) is 0.790. The van der Waals surface area contributed by atoms with Crippen LogP contribution in [0.4, 0.5) is 0 Å². The van der Waals surface area contributed by atoms with Crippen LogP contribution in [0, 0.1) is 0 Å². The molecule has 0 amide bonds. The topological polar surface area (TPSA) is 90.7 Å². The third-order valence-corrected chi connectivity index (χ3v) is 2.18. The van der Waals surface area contributed by atoms with Gasteiger partial charge in [-0.3, -0.25) is 0 Å². The van der Waals surface area contributed by atoms with Crippen LogP contribution in [0.5, 0.6) is 17.2 Å². The van der Waals surface area contributed by atoms with Crippen LogP contribution in [0.3, 0.4) is 0 Å². The second-order valence-corrected chi connectivity index (χ2v) is 3.12. The van der Waals surface area contributed by atoms with E-state index in [0.29, 0.717) is 18.0 Å². The minimum Gasteiger partial charge on any atom is -0.502 e. The molecular weight excluding hydrogens is 232 g/mol. The predicted molar refractivity (Wildman–Crippen MR) is 64.4 cm³/mol. The fraction of sp³-hybridized carbons (Fsp3) is 0.400. The Bertz CT molecular complexity index is 322. The molecule has 0 aromatic heterocycles. The minimum absolute atomic E-state index is 0. The highest BCUT2D eigenvalue weighted by molar-refractivity contribution is 5.85. The lowest BCUT2D eigenvalue weighted by Crippen LogP contribution is -2.20. The second kappa shape index (κ2) is 6.42. The van der Waals surface area contributed by atoms with Crippen molar-refractivity contribution < 1.29 is 14.6 Å². The van der Waals surface area contributed by atoms with Crippen LogP contribution in [0.2, 0.25) is 0 Å². The number of benzene rings is 1. The van der Waals surface area contributed by atoms with Crippen molar-refractivity contribution in [3.63, 3.8) is 0 Å². The number of aromatic hydroxyl groups is 1. The molecule has 0 radical (unpaired) electrons. The van der Waals surface area contributed by atoms with E-state index in [9.17, 15) is 5.11 Å². The first-order valence-corrected chi connectivity index (χ1v) is 4.54. The Hall–Kier alpha value is -1.17. The largest absolute Gasteiger partial charge is 0.502 e. The van der Waals surface area contributed by atoms with Gasteiger partial charge in [0.1, 0.15) is 0 Å². The third kappa shape index (κ3) is 2.91. The molecule has 1 atom stereocenters. The summed E-state index contributed by atoms with van der Waals surface area (Å²) in [4.78, 5) is 0. The monoisotopic (exact) mass is 248 g/mol. The first-order valence-electron chi connectivity index (χ1n) is 4.54. The fourth-order valence-corrected chi connectivity index (χ4v) is 1.26. The van der Waals surface area contributed by atoms with Crippen molar-refractivity contribution in [1.82, 2.24) is 0 Å². The maximum atomic E-state index is 9.65. The number of rotatable bonds is 4. The van der Waals surface area contributed by atoms with Gasteiger partial charge in [0.15, 0.2) is 11.5 Å². The zero-order chi connectivity index (χ0) is 11.4. The van der Waals surface area contributed by atoms with E-state index in [1.807, 2.05) is 0 Å². The first-order chi connectivity index (χ1) is 7.13. The van der Waals surface area contributed by atoms with Crippen molar-refractivity contribution in [3.05, 3.63) is 17.7 Å². The van der Waals surface area contributed by atoms with Gasteiger partial charge in [0, 0.05) is 12.6 Å². The molecule has 1 aromatic carbocycles. The van der Waals surface area contributed by atoms with E-state index in [1.54, 1.807) is 12.1 Å². The summed E-state index contributed by atoms with van der Waals surface area (Å²) in [7, 11) is 2.93. The molecule has 0 bridgehead atoms. The van der Waals surface area contributed by atoms with Gasteiger partial charge in [0.05, 0.1) is 14.2 Å². The second-order valence-electron chi connectivity index (χ2n) is 3.12. The van der Waals surface area contributed by atoms with Crippen LogP contribution >= 0.6 is 12.4 Å². The van der Waals surface area contributed by atoms with Crippen LogP contribution < -0.4 is 20.9 Å². The lowest BCUT2D eigenvalue weighted by Gasteiger charge is -2.14. The van der Waals surface area contributed by atoms with Crippen LogP contribution in [-0.4, -0.2) is 25.9 Å². The average Bonchev–Trinajstić information content (AvgIpc) is 2.28. The number of methoxy groups -OCH3 is 2. The van der Waals surface area contributed by atoms with Gasteiger partial charge in [0.2, 0.25) is 5.75 Å². The number of hydrogen-bond acceptors (Lipinski definition) is 5. The van der Waals surface area contributed by atoms with Gasteiger partial charge in [-0.25, -0.2) is 0 Å². The van der Waals surface area contributed by atoms with Gasteiger partial charge in [-0.1, -0.05) is 0 Å². The molecular formula is C10H17ClN2O3. The quantitative estimate of drug-likeness (QED) is 0.733. The van der Waals surface area contributed by atoms with Crippen molar-refractivity contribution >= 4 is 12.4 Å². The van der Waals surface area contributed by atoms with Crippen molar-refractivity contribution in [2.24, 2.45) is 11.5 Å². The third-order valence-electron chi connectivity index (χ3n) is 2.18. The fourth-order valence-electron chi connectivity index (χ4n) is 1.26. The molecule has 0 aliphatic rings. The van der Waals surface area contributed by atoms with Gasteiger partial charge >= 0.3 is 0 Å². The Kier molecular flexibility index (Phi) is 5.95. The van der Waals surface area contributed by atoms with Gasteiger partial charge in [-0.15, -0.1) is 12.4 Å². The zero-order valence-electron chi connectivity index (χ0n) is 9.27. The van der Waals surface area contributed by atoms with Gasteiger partial charge < -0.3 is 26.0 Å². The number of halogens is 1. The summed E-state index contributed by atoms with van der Waals surface area (Å²) in [5, 5.41) is 9.65. The Morgan fingerprint density at radius 1 is 1.25 bits per heavy atom. The van der Waals surface area contributed by atoms with Gasteiger partial charge in [-0.05, 0) is 17.7 Å². The van der Waals surface area contributed by atoms with Crippen molar-refractivity contribution in [2.45, 2.75) is 6.04 Å². The highest BCUT2D eigenvalue weighted by atomic mass is 35.5. The number of hydrogen-bond donors (Lipinski definition) is 3. The molecule has 1 rings (SSSR count). The summed E-state index contributed by atoms with van der Waals surface area (Å²) >= 11 is 0. The summed E-state index contributed by atoms with van der Waals surface area (Å²) in [6, 6.07) is 3.00. The highest BCUT2D eigenvalue weighted by Crippen LogP contribution is 2.38. The molecule has 92 valence electrons. The van der Waals surface area contributed by atoms with Crippen LogP contribution in [0.25, 0.3) is 0 Å². The number of ether oxygens (including phenoxy) is 2.